The van der Waals surface area contributed by atoms with Gasteiger partial charge < -0.3 is 19.5 Å². The first-order valence-electron chi connectivity index (χ1n) is 10.2. The maximum Gasteiger partial charge on any atom is 0.213 e. The zero-order valence-electron chi connectivity index (χ0n) is 17.0. The van der Waals surface area contributed by atoms with Gasteiger partial charge in [-0.1, -0.05) is 0 Å². The third-order valence-electron chi connectivity index (χ3n) is 5.45. The molecule has 7 heteroatoms. The van der Waals surface area contributed by atoms with Gasteiger partial charge in [0.2, 0.25) is 5.88 Å². The number of rotatable bonds is 7. The zero-order valence-corrected chi connectivity index (χ0v) is 17.0. The van der Waals surface area contributed by atoms with Gasteiger partial charge >= 0.3 is 0 Å². The Bertz CT molecular complexity index is 863. The van der Waals surface area contributed by atoms with Crippen LogP contribution in [0.5, 0.6) is 11.6 Å². The summed E-state index contributed by atoms with van der Waals surface area (Å²) in [5.41, 5.74) is 2.18. The summed E-state index contributed by atoms with van der Waals surface area (Å²) >= 11 is 0. The van der Waals surface area contributed by atoms with Gasteiger partial charge in [-0.2, -0.15) is 0 Å². The minimum absolute atomic E-state index is 0.454. The molecular weight excluding hydrogens is 368 g/mol. The largest absolute Gasteiger partial charge is 0.494 e. The highest BCUT2D eigenvalue weighted by atomic mass is 16.5. The number of ether oxygens (including phenoxy) is 2. The van der Waals surface area contributed by atoms with E-state index >= 15 is 0 Å². The van der Waals surface area contributed by atoms with Crippen LogP contribution in [-0.4, -0.2) is 54.2 Å². The maximum atomic E-state index is 10.9. The topological polar surface area (TPSA) is 70.4 Å². The smallest absolute Gasteiger partial charge is 0.213 e. The molecule has 1 unspecified atom stereocenters. The van der Waals surface area contributed by atoms with Crippen LogP contribution >= 0.6 is 0 Å². The van der Waals surface area contributed by atoms with Crippen LogP contribution in [0.1, 0.15) is 38.0 Å². The monoisotopic (exact) mass is 396 g/mol. The zero-order chi connectivity index (χ0) is 20.2. The number of aliphatic hydroxyl groups is 1. The van der Waals surface area contributed by atoms with Crippen molar-refractivity contribution in [3.63, 3.8) is 0 Å². The first kappa shape index (κ1) is 19.7. The molecule has 0 radical (unpaired) electrons. The normalized spacial score (nSPS) is 19.1. The summed E-state index contributed by atoms with van der Waals surface area (Å²) in [6.07, 6.45) is 4.44. The Morgan fingerprint density at radius 3 is 2.66 bits per heavy atom. The number of nitrogens with zero attached hydrogens (tertiary/aromatic N) is 4. The second-order valence-electron chi connectivity index (χ2n) is 7.43. The number of hydrogen-bond acceptors (Lipinski definition) is 7. The Balaban J connectivity index is 1.40. The van der Waals surface area contributed by atoms with Crippen molar-refractivity contribution in [3.8, 4) is 11.6 Å². The van der Waals surface area contributed by atoms with Crippen molar-refractivity contribution < 1.29 is 14.6 Å². The Kier molecular flexibility index (Phi) is 5.97. The summed E-state index contributed by atoms with van der Waals surface area (Å²) in [5, 5.41) is 10.9. The van der Waals surface area contributed by atoms with Gasteiger partial charge in [-0.05, 0) is 63.5 Å². The number of benzene rings is 1. The Morgan fingerprint density at radius 1 is 1.17 bits per heavy atom. The Hall–Kier alpha value is -2.64. The Morgan fingerprint density at radius 2 is 1.93 bits per heavy atom. The molecule has 0 aliphatic carbocycles. The molecule has 29 heavy (non-hydrogen) atoms. The highest BCUT2D eigenvalue weighted by Gasteiger charge is 2.28. The number of aliphatic hydroxyl groups excluding tert-OH is 1. The lowest BCUT2D eigenvalue weighted by atomic mass is 10.1. The number of fused-ring (bicyclic) bond motifs is 1. The molecule has 1 N–H and O–H groups in total. The van der Waals surface area contributed by atoms with Crippen LogP contribution in [0.2, 0.25) is 0 Å². The molecule has 2 aromatic rings. The lowest BCUT2D eigenvalue weighted by Crippen LogP contribution is -2.35. The highest BCUT2D eigenvalue weighted by molar-refractivity contribution is 6.00. The van der Waals surface area contributed by atoms with Crippen molar-refractivity contribution in [2.75, 3.05) is 38.3 Å². The SMILES string of the molecule is COc1cc2c(cn1)N=C(C)N(c1ccc(OCCCN3CCCC3)cc1)C2O. The van der Waals surface area contributed by atoms with Gasteiger partial charge in [0, 0.05) is 23.9 Å². The van der Waals surface area contributed by atoms with E-state index in [1.165, 1.54) is 25.9 Å². The van der Waals surface area contributed by atoms with Crippen molar-refractivity contribution in [1.82, 2.24) is 9.88 Å². The van der Waals surface area contributed by atoms with Gasteiger partial charge in [0.05, 0.1) is 25.6 Å². The third-order valence-corrected chi connectivity index (χ3v) is 5.45. The molecule has 1 fully saturated rings. The molecule has 7 nitrogen and oxygen atoms in total. The van der Waals surface area contributed by atoms with E-state index in [1.807, 2.05) is 31.2 Å². The number of amidine groups is 1. The van der Waals surface area contributed by atoms with Crippen LogP contribution in [0.15, 0.2) is 41.5 Å². The standard InChI is InChI=1S/C22H28N4O3/c1-16-24-20-15-23-21(28-2)14-19(20)22(27)26(16)17-6-8-18(9-7-17)29-13-5-12-25-10-3-4-11-25/h6-9,14-15,22,27H,3-5,10-13H2,1-2H3. The second-order valence-corrected chi connectivity index (χ2v) is 7.43. The minimum Gasteiger partial charge on any atom is -0.494 e. The van der Waals surface area contributed by atoms with Crippen molar-refractivity contribution in [2.45, 2.75) is 32.4 Å². The molecule has 1 atom stereocenters. The van der Waals surface area contributed by atoms with Crippen molar-refractivity contribution in [2.24, 2.45) is 4.99 Å². The molecule has 4 rings (SSSR count). The van der Waals surface area contributed by atoms with Gasteiger partial charge in [-0.25, -0.2) is 9.98 Å². The summed E-state index contributed by atoms with van der Waals surface area (Å²) in [5.74, 6) is 1.99. The van der Waals surface area contributed by atoms with Gasteiger partial charge in [-0.15, -0.1) is 0 Å². The van der Waals surface area contributed by atoms with Crippen molar-refractivity contribution >= 4 is 17.2 Å². The number of likely N-dealkylation sites (tertiary alicyclic amines) is 1. The molecule has 1 saturated heterocycles. The quantitative estimate of drug-likeness (QED) is 0.722. The summed E-state index contributed by atoms with van der Waals surface area (Å²) in [6, 6.07) is 9.49. The lowest BCUT2D eigenvalue weighted by Gasteiger charge is -2.33. The number of hydrogen-bond donors (Lipinski definition) is 1. The van der Waals surface area contributed by atoms with Gasteiger partial charge in [0.25, 0.3) is 0 Å². The van der Waals surface area contributed by atoms with Crippen LogP contribution in [-0.2, 0) is 0 Å². The molecule has 2 aliphatic rings. The molecule has 1 aromatic carbocycles. The first-order chi connectivity index (χ1) is 14.2. The van der Waals surface area contributed by atoms with E-state index in [0.717, 1.165) is 24.4 Å². The van der Waals surface area contributed by atoms with E-state index in [1.54, 1.807) is 24.3 Å². The fraction of sp³-hybridized carbons (Fsp3) is 0.455. The van der Waals surface area contributed by atoms with Crippen LogP contribution in [0.4, 0.5) is 11.4 Å². The van der Waals surface area contributed by atoms with Crippen LogP contribution < -0.4 is 14.4 Å². The first-order valence-corrected chi connectivity index (χ1v) is 10.2. The molecular formula is C22H28N4O3. The summed E-state index contributed by atoms with van der Waals surface area (Å²) in [4.78, 5) is 13.0. The number of anilines is 1. The molecule has 154 valence electrons. The van der Waals surface area contributed by atoms with Crippen LogP contribution in [0.25, 0.3) is 0 Å². The summed E-state index contributed by atoms with van der Waals surface area (Å²) in [6.45, 7) is 6.13. The Labute approximate surface area is 171 Å². The highest BCUT2D eigenvalue weighted by Crippen LogP contribution is 2.37. The van der Waals surface area contributed by atoms with E-state index in [4.69, 9.17) is 9.47 Å². The molecule has 0 spiro atoms. The molecule has 0 amide bonds. The molecule has 1 aromatic heterocycles. The van der Waals surface area contributed by atoms with Crippen molar-refractivity contribution in [1.29, 1.82) is 0 Å². The third kappa shape index (κ3) is 4.36. The average molecular weight is 396 g/mol. The minimum atomic E-state index is -0.855. The second kappa shape index (κ2) is 8.80. The van der Waals surface area contributed by atoms with Crippen molar-refractivity contribution in [3.05, 3.63) is 42.1 Å². The maximum absolute atomic E-state index is 10.9. The van der Waals surface area contributed by atoms with E-state index in [0.29, 0.717) is 29.6 Å². The number of aromatic nitrogens is 1. The summed E-state index contributed by atoms with van der Waals surface area (Å²) in [7, 11) is 1.56. The van der Waals surface area contributed by atoms with Crippen LogP contribution in [0, 0.1) is 0 Å². The molecule has 2 aliphatic heterocycles. The van der Waals surface area contributed by atoms with E-state index in [2.05, 4.69) is 14.9 Å². The van der Waals surface area contributed by atoms with Crippen LogP contribution in [0.3, 0.4) is 0 Å². The molecule has 0 saturated carbocycles. The van der Waals surface area contributed by atoms with Gasteiger partial charge in [0.15, 0.2) is 6.23 Å². The van der Waals surface area contributed by atoms with E-state index in [9.17, 15) is 5.11 Å². The number of methoxy groups -OCH3 is 1. The van der Waals surface area contributed by atoms with Gasteiger partial charge in [-0.3, -0.25) is 4.90 Å². The summed E-state index contributed by atoms with van der Waals surface area (Å²) < 4.78 is 11.1. The predicted octanol–water partition coefficient (Wildman–Crippen LogP) is 3.52. The van der Waals surface area contributed by atoms with E-state index < -0.39 is 6.23 Å². The fourth-order valence-electron chi connectivity index (χ4n) is 3.92. The average Bonchev–Trinajstić information content (AvgIpc) is 3.26. The van der Waals surface area contributed by atoms with E-state index in [-0.39, 0.29) is 0 Å². The fourth-order valence-corrected chi connectivity index (χ4v) is 3.92. The predicted molar refractivity (Wildman–Crippen MR) is 113 cm³/mol. The lowest BCUT2D eigenvalue weighted by molar-refractivity contribution is 0.186. The molecule has 3 heterocycles. The number of pyridine rings is 1. The molecule has 0 bridgehead atoms. The number of aliphatic imine (C=N–C) groups is 1. The van der Waals surface area contributed by atoms with Gasteiger partial charge in [0.1, 0.15) is 11.6 Å².